The Hall–Kier alpha value is -2.86. The Labute approximate surface area is 183 Å². The summed E-state index contributed by atoms with van der Waals surface area (Å²) in [7, 11) is 3.50. The van der Waals surface area contributed by atoms with Crippen molar-refractivity contribution >= 4 is 17.2 Å². The molecule has 1 aliphatic carbocycles. The minimum atomic E-state index is -0.00540. The van der Waals surface area contributed by atoms with Gasteiger partial charge in [-0.2, -0.15) is 0 Å². The van der Waals surface area contributed by atoms with E-state index in [4.69, 9.17) is 9.72 Å². The van der Waals surface area contributed by atoms with Crippen molar-refractivity contribution in [1.29, 1.82) is 0 Å². The van der Waals surface area contributed by atoms with Gasteiger partial charge in [0.05, 0.1) is 23.6 Å². The number of anilines is 1. The van der Waals surface area contributed by atoms with E-state index >= 15 is 0 Å². The molecule has 1 spiro atoms. The molecule has 0 saturated carbocycles. The Kier molecular flexibility index (Phi) is 4.77. The maximum atomic E-state index is 13.4. The monoisotopic (exact) mass is 418 g/mol. The first-order chi connectivity index (χ1) is 14.9. The van der Waals surface area contributed by atoms with Crippen molar-refractivity contribution in [1.82, 2.24) is 14.3 Å². The maximum absolute atomic E-state index is 13.4. The second-order valence-corrected chi connectivity index (χ2v) is 9.12. The van der Waals surface area contributed by atoms with E-state index in [0.717, 1.165) is 59.5 Å². The van der Waals surface area contributed by atoms with Crippen LogP contribution in [0.1, 0.15) is 44.9 Å². The molecule has 162 valence electrons. The number of aromatic nitrogens is 2. The highest BCUT2D eigenvalue weighted by Gasteiger charge is 2.41. The zero-order valence-corrected chi connectivity index (χ0v) is 18.8. The fraction of sp³-hybridized carbons (Fsp3) is 0.440. The van der Waals surface area contributed by atoms with E-state index in [0.29, 0.717) is 13.2 Å². The van der Waals surface area contributed by atoms with Crippen molar-refractivity contribution in [2.24, 2.45) is 0 Å². The first-order valence-electron chi connectivity index (χ1n) is 11.0. The summed E-state index contributed by atoms with van der Waals surface area (Å²) in [6.45, 7) is 5.19. The van der Waals surface area contributed by atoms with Gasteiger partial charge in [0.25, 0.3) is 5.91 Å². The van der Waals surface area contributed by atoms with Crippen molar-refractivity contribution in [2.45, 2.75) is 45.1 Å². The number of aryl methyl sites for hydroxylation is 2. The highest BCUT2D eigenvalue weighted by atomic mass is 16.5. The third kappa shape index (κ3) is 3.21. The van der Waals surface area contributed by atoms with E-state index < -0.39 is 0 Å². The van der Waals surface area contributed by atoms with Crippen LogP contribution in [-0.2, 0) is 24.0 Å². The molecular weight excluding hydrogens is 388 g/mol. The number of nitrogens with one attached hydrogen (secondary N) is 1. The molecule has 1 aliphatic heterocycles. The normalized spacial score (nSPS) is 16.3. The number of imidazole rings is 1. The zero-order chi connectivity index (χ0) is 21.8. The van der Waals surface area contributed by atoms with Gasteiger partial charge in [-0.1, -0.05) is 24.3 Å². The van der Waals surface area contributed by atoms with E-state index in [9.17, 15) is 4.79 Å². The molecule has 3 aromatic rings. The molecule has 0 bridgehead atoms. The molecule has 0 radical (unpaired) electrons. The van der Waals surface area contributed by atoms with Crippen LogP contribution in [0, 0.1) is 13.8 Å². The van der Waals surface area contributed by atoms with Gasteiger partial charge >= 0.3 is 0 Å². The topological polar surface area (TPSA) is 58.9 Å². The fourth-order valence-corrected chi connectivity index (χ4v) is 5.20. The van der Waals surface area contributed by atoms with Gasteiger partial charge in [-0.25, -0.2) is 4.98 Å². The molecule has 0 atom stereocenters. The molecule has 0 fully saturated rings. The maximum Gasteiger partial charge on any atom is 0.255 e. The summed E-state index contributed by atoms with van der Waals surface area (Å²) in [5.74, 6) is 0.0356. The van der Waals surface area contributed by atoms with Crippen LogP contribution in [0.2, 0.25) is 0 Å². The number of benzene rings is 1. The lowest BCUT2D eigenvalue weighted by atomic mass is 9.82. The molecule has 1 aromatic carbocycles. The summed E-state index contributed by atoms with van der Waals surface area (Å²) in [6, 6.07) is 8.73. The number of likely N-dealkylation sites (N-methyl/N-ethyl adjacent to an activating group) is 1. The van der Waals surface area contributed by atoms with Crippen molar-refractivity contribution in [3.63, 3.8) is 0 Å². The van der Waals surface area contributed by atoms with Crippen LogP contribution in [0.15, 0.2) is 30.5 Å². The molecule has 6 heteroatoms. The van der Waals surface area contributed by atoms with Crippen molar-refractivity contribution in [2.75, 3.05) is 32.6 Å². The molecular formula is C25H30N4O2. The number of ether oxygens (including phenoxy) is 1. The number of rotatable bonds is 4. The number of nitrogens with zero attached hydrogens (tertiary/aromatic N) is 3. The number of hydrogen-bond donors (Lipinski definition) is 1. The zero-order valence-electron chi connectivity index (χ0n) is 18.8. The Morgan fingerprint density at radius 1 is 1.26 bits per heavy atom. The number of carbonyl (C=O) groups excluding carboxylic acids is 1. The largest absolute Gasteiger partial charge is 0.383 e. The van der Waals surface area contributed by atoms with E-state index in [1.165, 1.54) is 11.1 Å². The number of methoxy groups -OCH3 is 1. The van der Waals surface area contributed by atoms with Crippen molar-refractivity contribution in [3.8, 4) is 0 Å². The van der Waals surface area contributed by atoms with Crippen LogP contribution in [-0.4, -0.2) is 53.0 Å². The molecule has 2 aromatic heterocycles. The number of fused-ring (bicyclic) bond motifs is 4. The summed E-state index contributed by atoms with van der Waals surface area (Å²) < 4.78 is 7.26. The lowest BCUT2D eigenvalue weighted by molar-refractivity contribution is 0.0742. The predicted octanol–water partition coefficient (Wildman–Crippen LogP) is 3.57. The summed E-state index contributed by atoms with van der Waals surface area (Å²) in [6.07, 6.45) is 5.89. The minimum absolute atomic E-state index is 0.00540. The van der Waals surface area contributed by atoms with E-state index in [2.05, 4.69) is 40.9 Å². The smallest absolute Gasteiger partial charge is 0.255 e. The van der Waals surface area contributed by atoms with Crippen LogP contribution >= 0.6 is 0 Å². The van der Waals surface area contributed by atoms with Crippen LogP contribution in [0.5, 0.6) is 0 Å². The van der Waals surface area contributed by atoms with Gasteiger partial charge in [0.1, 0.15) is 0 Å². The first kappa shape index (κ1) is 20.1. The third-order valence-electron chi connectivity index (χ3n) is 7.12. The first-order valence-corrected chi connectivity index (χ1v) is 11.0. The summed E-state index contributed by atoms with van der Waals surface area (Å²) in [4.78, 5) is 20.0. The number of amides is 1. The van der Waals surface area contributed by atoms with Gasteiger partial charge in [0, 0.05) is 38.1 Å². The van der Waals surface area contributed by atoms with Crippen molar-refractivity contribution in [3.05, 3.63) is 64.1 Å². The molecule has 3 heterocycles. The Morgan fingerprint density at radius 3 is 2.65 bits per heavy atom. The highest BCUT2D eigenvalue weighted by molar-refractivity contribution is 5.98. The lowest BCUT2D eigenvalue weighted by Crippen LogP contribution is -2.43. The molecule has 1 amide bonds. The summed E-state index contributed by atoms with van der Waals surface area (Å²) in [5.41, 5.74) is 8.73. The molecule has 0 unspecified atom stereocenters. The van der Waals surface area contributed by atoms with Gasteiger partial charge in [0.2, 0.25) is 0 Å². The number of hydrogen-bond acceptors (Lipinski definition) is 4. The quantitative estimate of drug-likeness (QED) is 0.704. The molecule has 0 saturated heterocycles. The average molecular weight is 419 g/mol. The highest BCUT2D eigenvalue weighted by Crippen LogP contribution is 2.43. The second kappa shape index (κ2) is 7.38. The molecule has 5 rings (SSSR count). The van der Waals surface area contributed by atoms with E-state index in [1.807, 2.05) is 20.2 Å². The summed E-state index contributed by atoms with van der Waals surface area (Å²) in [5, 5.41) is 3.90. The summed E-state index contributed by atoms with van der Waals surface area (Å²) >= 11 is 0. The van der Waals surface area contributed by atoms with Crippen molar-refractivity contribution < 1.29 is 9.53 Å². The van der Waals surface area contributed by atoms with Gasteiger partial charge in [0.15, 0.2) is 5.65 Å². The SMILES string of the molecule is COCCN(C)C(=O)c1cn2c(C)c(C)nc2c2c1CCC1(Cc3ccccc3C1)N2. The van der Waals surface area contributed by atoms with Crippen LogP contribution in [0.25, 0.3) is 5.65 Å². The van der Waals surface area contributed by atoms with Crippen LogP contribution in [0.4, 0.5) is 5.69 Å². The molecule has 6 nitrogen and oxygen atoms in total. The van der Waals surface area contributed by atoms with Gasteiger partial charge < -0.3 is 19.4 Å². The fourth-order valence-electron chi connectivity index (χ4n) is 5.20. The third-order valence-corrected chi connectivity index (χ3v) is 7.12. The number of carbonyl (C=O) groups is 1. The van der Waals surface area contributed by atoms with Crippen LogP contribution < -0.4 is 5.32 Å². The predicted molar refractivity (Wildman–Crippen MR) is 122 cm³/mol. The van der Waals surface area contributed by atoms with Gasteiger partial charge in [-0.3, -0.25) is 4.79 Å². The average Bonchev–Trinajstić information content (AvgIpc) is 3.27. The Morgan fingerprint density at radius 2 is 1.97 bits per heavy atom. The van der Waals surface area contributed by atoms with E-state index in [-0.39, 0.29) is 11.4 Å². The minimum Gasteiger partial charge on any atom is -0.383 e. The second-order valence-electron chi connectivity index (χ2n) is 9.12. The Bertz CT molecular complexity index is 1150. The molecule has 1 N–H and O–H groups in total. The lowest BCUT2D eigenvalue weighted by Gasteiger charge is -2.38. The Balaban J connectivity index is 1.60. The van der Waals surface area contributed by atoms with E-state index in [1.54, 1.807) is 12.0 Å². The van der Waals surface area contributed by atoms with Gasteiger partial charge in [-0.05, 0) is 56.2 Å². The molecule has 31 heavy (non-hydrogen) atoms. The van der Waals surface area contributed by atoms with Gasteiger partial charge in [-0.15, -0.1) is 0 Å². The number of pyridine rings is 1. The molecule has 2 aliphatic rings. The van der Waals surface area contributed by atoms with Crippen LogP contribution in [0.3, 0.4) is 0 Å². The standard InChI is InChI=1S/C25H30N4O2/c1-16-17(2)29-15-21(24(30)28(3)11-12-31-4)20-9-10-25(27-22(20)23(29)26-16)13-18-7-5-6-8-19(18)14-25/h5-8,15,27H,9-14H2,1-4H3.